The van der Waals surface area contributed by atoms with Crippen LogP contribution >= 0.6 is 0 Å². The van der Waals surface area contributed by atoms with E-state index in [1.807, 2.05) is 0 Å². The van der Waals surface area contributed by atoms with Crippen molar-refractivity contribution < 1.29 is 19.2 Å². The van der Waals surface area contributed by atoms with Crippen LogP contribution < -0.4 is 0 Å². The molecule has 0 aliphatic carbocycles. The van der Waals surface area contributed by atoms with E-state index in [4.69, 9.17) is 0 Å². The summed E-state index contributed by atoms with van der Waals surface area (Å²) in [6.45, 7) is 0.834. The van der Waals surface area contributed by atoms with Gasteiger partial charge >= 0.3 is 0 Å². The minimum atomic E-state index is -0.337. The molecule has 0 saturated carbocycles. The Labute approximate surface area is 229 Å². The van der Waals surface area contributed by atoms with Crippen molar-refractivity contribution in [3.63, 3.8) is 0 Å². The molecule has 0 aromatic heterocycles. The molecule has 3 rings (SSSR count). The van der Waals surface area contributed by atoms with Crippen molar-refractivity contribution in [1.29, 1.82) is 0 Å². The maximum atomic E-state index is 13.5. The summed E-state index contributed by atoms with van der Waals surface area (Å²) in [6, 6.07) is 6.62. The summed E-state index contributed by atoms with van der Waals surface area (Å²) < 4.78 is 0. The predicted molar refractivity (Wildman–Crippen MR) is 151 cm³/mol. The van der Waals surface area contributed by atoms with E-state index < -0.39 is 0 Å². The summed E-state index contributed by atoms with van der Waals surface area (Å²) >= 11 is 0. The lowest BCUT2D eigenvalue weighted by molar-refractivity contribution is -0.129. The third-order valence-electron chi connectivity index (χ3n) is 7.99. The molecule has 0 bridgehead atoms. The number of hydrogen-bond acceptors (Lipinski definition) is 4. The third kappa shape index (κ3) is 9.99. The second kappa shape index (κ2) is 17.2. The second-order valence-corrected chi connectivity index (χ2v) is 11.1. The highest BCUT2D eigenvalue weighted by atomic mass is 16.2. The van der Waals surface area contributed by atoms with E-state index in [0.717, 1.165) is 77.0 Å². The summed E-state index contributed by atoms with van der Waals surface area (Å²) in [5.41, 5.74) is 0.679. The maximum Gasteiger partial charge on any atom is 0.260 e. The zero-order valence-corrected chi connectivity index (χ0v) is 23.4. The van der Waals surface area contributed by atoms with Gasteiger partial charge in [0.2, 0.25) is 11.8 Å². The van der Waals surface area contributed by atoms with Crippen LogP contribution in [0.2, 0.25) is 0 Å². The van der Waals surface area contributed by atoms with Gasteiger partial charge in [-0.2, -0.15) is 0 Å². The quantitative estimate of drug-likeness (QED) is 0.377. The first-order chi connectivity index (χ1) is 18.6. The second-order valence-electron chi connectivity index (χ2n) is 11.1. The van der Waals surface area contributed by atoms with Gasteiger partial charge in [0.15, 0.2) is 0 Å². The molecule has 0 spiro atoms. The summed E-state index contributed by atoms with van der Waals surface area (Å²) in [4.78, 5) is 55.9. The number of carbonyl (C=O) groups is 4. The minimum absolute atomic E-state index is 0.125. The van der Waals surface area contributed by atoms with E-state index in [0.29, 0.717) is 37.1 Å². The van der Waals surface area contributed by atoms with Crippen LogP contribution in [0.25, 0.3) is 0 Å². The van der Waals surface area contributed by atoms with Crippen LogP contribution in [0.1, 0.15) is 149 Å². The average Bonchev–Trinajstić information content (AvgIpc) is 2.96. The molecule has 2 aliphatic rings. The number of nitrogens with zero attached hydrogens (tertiary/aromatic N) is 2. The van der Waals surface area contributed by atoms with E-state index in [1.54, 1.807) is 24.3 Å². The Hall–Kier alpha value is -2.50. The molecule has 1 aromatic carbocycles. The molecule has 0 radical (unpaired) electrons. The fourth-order valence-electron chi connectivity index (χ4n) is 5.61. The molecule has 0 N–H and O–H groups in total. The largest absolute Gasteiger partial charge is 0.279 e. The summed E-state index contributed by atoms with van der Waals surface area (Å²) in [5, 5.41) is 0. The summed E-state index contributed by atoms with van der Waals surface area (Å²) in [5.74, 6) is -0.924. The van der Waals surface area contributed by atoms with E-state index in [2.05, 4.69) is 0 Å². The first kappa shape index (κ1) is 30.0. The highest BCUT2D eigenvalue weighted by Crippen LogP contribution is 2.19. The minimum Gasteiger partial charge on any atom is -0.279 e. The lowest BCUT2D eigenvalue weighted by Crippen LogP contribution is -2.39. The summed E-state index contributed by atoms with van der Waals surface area (Å²) in [7, 11) is 0. The Balaban J connectivity index is 1.73. The van der Waals surface area contributed by atoms with Gasteiger partial charge in [0.05, 0.1) is 0 Å². The van der Waals surface area contributed by atoms with Crippen molar-refractivity contribution in [1.82, 2.24) is 9.80 Å². The van der Waals surface area contributed by atoms with Crippen molar-refractivity contribution >= 4 is 23.6 Å². The van der Waals surface area contributed by atoms with E-state index in [-0.39, 0.29) is 23.6 Å². The molecule has 1 aromatic rings. The van der Waals surface area contributed by atoms with Gasteiger partial charge in [-0.3, -0.25) is 29.0 Å². The Morgan fingerprint density at radius 1 is 0.474 bits per heavy atom. The smallest absolute Gasteiger partial charge is 0.260 e. The number of imide groups is 2. The molecular formula is C32H48N2O4. The zero-order valence-electron chi connectivity index (χ0n) is 23.4. The lowest BCUT2D eigenvalue weighted by Gasteiger charge is -2.23. The molecule has 2 heterocycles. The van der Waals surface area contributed by atoms with Gasteiger partial charge < -0.3 is 0 Å². The number of benzene rings is 1. The van der Waals surface area contributed by atoms with Crippen LogP contribution in [-0.2, 0) is 9.59 Å². The SMILES string of the molecule is O=C1CCCCCCCCCCCN1C(=O)c1cccc(C(=O)N2CCCCCCCCCCCC2=O)c1. The van der Waals surface area contributed by atoms with Crippen molar-refractivity contribution in [3.05, 3.63) is 35.4 Å². The fourth-order valence-corrected chi connectivity index (χ4v) is 5.61. The van der Waals surface area contributed by atoms with Gasteiger partial charge in [0.25, 0.3) is 11.8 Å². The molecule has 2 saturated heterocycles. The number of rotatable bonds is 2. The molecule has 2 fully saturated rings. The topological polar surface area (TPSA) is 74.8 Å². The lowest BCUT2D eigenvalue weighted by atomic mass is 10.1. The predicted octanol–water partition coefficient (Wildman–Crippen LogP) is 7.45. The monoisotopic (exact) mass is 524 g/mol. The van der Waals surface area contributed by atoms with Crippen molar-refractivity contribution in [2.24, 2.45) is 0 Å². The Morgan fingerprint density at radius 3 is 1.16 bits per heavy atom. The summed E-state index contributed by atoms with van der Waals surface area (Å²) in [6.07, 6.45) is 19.9. The van der Waals surface area contributed by atoms with Gasteiger partial charge in [-0.1, -0.05) is 96.0 Å². The average molecular weight is 525 g/mol. The number of hydrogen-bond donors (Lipinski definition) is 0. The Morgan fingerprint density at radius 2 is 0.789 bits per heavy atom. The van der Waals surface area contributed by atoms with Crippen LogP contribution in [0.15, 0.2) is 24.3 Å². The first-order valence-corrected chi connectivity index (χ1v) is 15.4. The highest BCUT2D eigenvalue weighted by molar-refractivity contribution is 6.08. The van der Waals surface area contributed by atoms with Gasteiger partial charge in [-0.25, -0.2) is 0 Å². The van der Waals surface area contributed by atoms with Gasteiger partial charge in [0.1, 0.15) is 0 Å². The number of amides is 4. The zero-order chi connectivity index (χ0) is 27.0. The highest BCUT2D eigenvalue weighted by Gasteiger charge is 2.26. The van der Waals surface area contributed by atoms with Crippen LogP contribution in [0.5, 0.6) is 0 Å². The first-order valence-electron chi connectivity index (χ1n) is 15.4. The van der Waals surface area contributed by atoms with Gasteiger partial charge in [0, 0.05) is 37.1 Å². The van der Waals surface area contributed by atoms with Crippen LogP contribution in [0.3, 0.4) is 0 Å². The standard InChI is InChI=1S/C32H48N2O4/c35-29-22-15-11-7-3-1-5-9-13-17-24-33(29)31(37)27-20-19-21-28(26-27)32(38)34-25-18-14-10-6-2-4-8-12-16-23-30(34)36/h19-21,26H,1-18,22-25H2. The normalized spacial score (nSPS) is 20.6. The molecule has 0 atom stereocenters. The molecule has 6 heteroatoms. The molecule has 6 nitrogen and oxygen atoms in total. The van der Waals surface area contributed by atoms with Crippen LogP contribution in [0.4, 0.5) is 0 Å². The van der Waals surface area contributed by atoms with Crippen LogP contribution in [-0.4, -0.2) is 46.5 Å². The van der Waals surface area contributed by atoms with Gasteiger partial charge in [-0.05, 0) is 43.9 Å². The van der Waals surface area contributed by atoms with E-state index in [9.17, 15) is 19.2 Å². The van der Waals surface area contributed by atoms with Gasteiger partial charge in [-0.15, -0.1) is 0 Å². The third-order valence-corrected chi connectivity index (χ3v) is 7.99. The van der Waals surface area contributed by atoms with Crippen LogP contribution in [0, 0.1) is 0 Å². The molecule has 0 unspecified atom stereocenters. The molecule has 210 valence electrons. The van der Waals surface area contributed by atoms with E-state index >= 15 is 0 Å². The van der Waals surface area contributed by atoms with E-state index in [1.165, 1.54) is 48.3 Å². The molecular weight excluding hydrogens is 476 g/mol. The van der Waals surface area contributed by atoms with Crippen molar-refractivity contribution in [2.75, 3.05) is 13.1 Å². The Kier molecular flexibility index (Phi) is 13.6. The van der Waals surface area contributed by atoms with Crippen molar-refractivity contribution in [3.8, 4) is 0 Å². The molecule has 2 aliphatic heterocycles. The molecule has 4 amide bonds. The van der Waals surface area contributed by atoms with Crippen molar-refractivity contribution in [2.45, 2.75) is 128 Å². The number of carbonyl (C=O) groups excluding carboxylic acids is 4. The fraction of sp³-hybridized carbons (Fsp3) is 0.688. The maximum absolute atomic E-state index is 13.5. The Bertz CT molecular complexity index is 843. The molecule has 38 heavy (non-hydrogen) atoms.